The van der Waals surface area contributed by atoms with Gasteiger partial charge in [0.25, 0.3) is 5.91 Å². The second-order valence-electron chi connectivity index (χ2n) is 5.44. The predicted molar refractivity (Wildman–Crippen MR) is 71.5 cm³/mol. The van der Waals surface area contributed by atoms with Gasteiger partial charge in [-0.1, -0.05) is 13.0 Å². The number of hydrogen-bond acceptors (Lipinski definition) is 3. The van der Waals surface area contributed by atoms with Gasteiger partial charge >= 0.3 is 0 Å². The Morgan fingerprint density at radius 1 is 1.61 bits per heavy atom. The predicted octanol–water partition coefficient (Wildman–Crippen LogP) is 1.51. The molecule has 1 fully saturated rings. The Labute approximate surface area is 108 Å². The number of aromatic nitrogens is 1. The maximum Gasteiger partial charge on any atom is 0.270 e. The van der Waals surface area contributed by atoms with Gasteiger partial charge in [-0.05, 0) is 43.4 Å². The summed E-state index contributed by atoms with van der Waals surface area (Å²) in [6.45, 7) is 6.88. The highest BCUT2D eigenvalue weighted by atomic mass is 16.1. The van der Waals surface area contributed by atoms with E-state index in [-0.39, 0.29) is 11.3 Å². The third kappa shape index (κ3) is 3.07. The van der Waals surface area contributed by atoms with Crippen molar-refractivity contribution in [1.29, 1.82) is 0 Å². The van der Waals surface area contributed by atoms with Crippen molar-refractivity contribution in [2.45, 2.75) is 26.7 Å². The molecule has 1 aliphatic rings. The van der Waals surface area contributed by atoms with E-state index in [0.717, 1.165) is 25.1 Å². The minimum atomic E-state index is -0.0695. The van der Waals surface area contributed by atoms with Crippen LogP contribution in [0.1, 0.15) is 35.8 Å². The average Bonchev–Trinajstić information content (AvgIpc) is 2.38. The van der Waals surface area contributed by atoms with E-state index in [1.54, 1.807) is 6.20 Å². The Hall–Kier alpha value is -1.42. The van der Waals surface area contributed by atoms with Gasteiger partial charge in [-0.25, -0.2) is 0 Å². The van der Waals surface area contributed by atoms with Crippen molar-refractivity contribution in [2.75, 3.05) is 19.6 Å². The second kappa shape index (κ2) is 5.48. The molecule has 98 valence electrons. The summed E-state index contributed by atoms with van der Waals surface area (Å²) in [4.78, 5) is 16.2. The summed E-state index contributed by atoms with van der Waals surface area (Å²) in [5, 5.41) is 6.39. The van der Waals surface area contributed by atoms with Crippen LogP contribution in [0.3, 0.4) is 0 Å². The Balaban J connectivity index is 1.94. The fraction of sp³-hybridized carbons (Fsp3) is 0.571. The molecule has 2 N–H and O–H groups in total. The first-order valence-corrected chi connectivity index (χ1v) is 6.51. The van der Waals surface area contributed by atoms with Gasteiger partial charge in [-0.15, -0.1) is 0 Å². The molecule has 1 saturated heterocycles. The number of pyridine rings is 1. The SMILES string of the molecule is Cc1cccnc1C(=O)NCC1(C)CCCNC1. The Kier molecular flexibility index (Phi) is 3.97. The topological polar surface area (TPSA) is 54.0 Å². The second-order valence-corrected chi connectivity index (χ2v) is 5.44. The molecule has 0 bridgehead atoms. The lowest BCUT2D eigenvalue weighted by molar-refractivity contribution is 0.0919. The molecule has 1 aromatic rings. The van der Waals surface area contributed by atoms with Crippen LogP contribution in [0.15, 0.2) is 18.3 Å². The van der Waals surface area contributed by atoms with E-state index in [9.17, 15) is 4.79 Å². The zero-order valence-corrected chi connectivity index (χ0v) is 11.1. The van der Waals surface area contributed by atoms with Gasteiger partial charge in [0, 0.05) is 19.3 Å². The number of aryl methyl sites for hydroxylation is 1. The molecule has 4 heteroatoms. The van der Waals surface area contributed by atoms with Gasteiger partial charge < -0.3 is 10.6 Å². The van der Waals surface area contributed by atoms with E-state index in [0.29, 0.717) is 12.2 Å². The largest absolute Gasteiger partial charge is 0.350 e. The summed E-state index contributed by atoms with van der Waals surface area (Å²) >= 11 is 0. The van der Waals surface area contributed by atoms with Gasteiger partial charge in [-0.2, -0.15) is 0 Å². The number of piperidine rings is 1. The molecule has 1 amide bonds. The minimum absolute atomic E-state index is 0.0695. The molecule has 1 aliphatic heterocycles. The highest BCUT2D eigenvalue weighted by molar-refractivity contribution is 5.93. The van der Waals surface area contributed by atoms with Crippen LogP contribution in [0.25, 0.3) is 0 Å². The van der Waals surface area contributed by atoms with Crippen molar-refractivity contribution in [3.63, 3.8) is 0 Å². The van der Waals surface area contributed by atoms with Crippen LogP contribution in [0.5, 0.6) is 0 Å². The summed E-state index contributed by atoms with van der Waals surface area (Å²) < 4.78 is 0. The third-order valence-corrected chi connectivity index (χ3v) is 3.59. The summed E-state index contributed by atoms with van der Waals surface area (Å²) in [5.74, 6) is -0.0695. The number of hydrogen-bond donors (Lipinski definition) is 2. The van der Waals surface area contributed by atoms with Crippen LogP contribution >= 0.6 is 0 Å². The number of carbonyl (C=O) groups is 1. The molecule has 0 aliphatic carbocycles. The highest BCUT2D eigenvalue weighted by Crippen LogP contribution is 2.24. The monoisotopic (exact) mass is 247 g/mol. The van der Waals surface area contributed by atoms with Crippen molar-refractivity contribution >= 4 is 5.91 Å². The maximum absolute atomic E-state index is 12.1. The normalized spacial score (nSPS) is 23.7. The minimum Gasteiger partial charge on any atom is -0.350 e. The summed E-state index contributed by atoms with van der Waals surface area (Å²) in [7, 11) is 0. The van der Waals surface area contributed by atoms with Crippen LogP contribution in [0.4, 0.5) is 0 Å². The molecule has 0 aromatic carbocycles. The van der Waals surface area contributed by atoms with E-state index in [1.807, 2.05) is 19.1 Å². The van der Waals surface area contributed by atoms with Crippen LogP contribution in [0, 0.1) is 12.3 Å². The molecular weight excluding hydrogens is 226 g/mol. The van der Waals surface area contributed by atoms with Gasteiger partial charge in [0.1, 0.15) is 5.69 Å². The Bertz CT molecular complexity index is 425. The summed E-state index contributed by atoms with van der Waals surface area (Å²) in [5.41, 5.74) is 1.61. The lowest BCUT2D eigenvalue weighted by Crippen LogP contribution is -2.45. The lowest BCUT2D eigenvalue weighted by atomic mass is 9.83. The van der Waals surface area contributed by atoms with Crippen LogP contribution < -0.4 is 10.6 Å². The number of nitrogens with zero attached hydrogens (tertiary/aromatic N) is 1. The smallest absolute Gasteiger partial charge is 0.270 e. The molecule has 1 unspecified atom stereocenters. The lowest BCUT2D eigenvalue weighted by Gasteiger charge is -2.34. The van der Waals surface area contributed by atoms with Crippen molar-refractivity contribution < 1.29 is 4.79 Å². The molecule has 1 atom stereocenters. The highest BCUT2D eigenvalue weighted by Gasteiger charge is 2.27. The van der Waals surface area contributed by atoms with Crippen molar-refractivity contribution in [3.05, 3.63) is 29.6 Å². The van der Waals surface area contributed by atoms with Crippen molar-refractivity contribution in [3.8, 4) is 0 Å². The van der Waals surface area contributed by atoms with E-state index in [4.69, 9.17) is 0 Å². The molecule has 2 rings (SSSR count). The molecule has 0 radical (unpaired) electrons. The standard InChI is InChI=1S/C14H21N3O/c1-11-5-3-8-16-12(11)13(18)17-10-14(2)6-4-7-15-9-14/h3,5,8,15H,4,6-7,9-10H2,1-2H3,(H,17,18). The van der Waals surface area contributed by atoms with Gasteiger partial charge in [0.05, 0.1) is 0 Å². The zero-order chi connectivity index (χ0) is 13.0. The third-order valence-electron chi connectivity index (χ3n) is 3.59. The molecule has 18 heavy (non-hydrogen) atoms. The average molecular weight is 247 g/mol. The van der Waals surface area contributed by atoms with E-state index < -0.39 is 0 Å². The van der Waals surface area contributed by atoms with Gasteiger partial charge in [0.2, 0.25) is 0 Å². The summed E-state index contributed by atoms with van der Waals surface area (Å²) in [6.07, 6.45) is 3.99. The van der Waals surface area contributed by atoms with E-state index in [2.05, 4.69) is 22.5 Å². The first-order chi connectivity index (χ1) is 8.61. The Morgan fingerprint density at radius 3 is 3.11 bits per heavy atom. The molecular formula is C14H21N3O. The van der Waals surface area contributed by atoms with Crippen molar-refractivity contribution in [1.82, 2.24) is 15.6 Å². The van der Waals surface area contributed by atoms with Gasteiger partial charge in [-0.3, -0.25) is 9.78 Å². The fourth-order valence-corrected chi connectivity index (χ4v) is 2.37. The molecule has 1 aromatic heterocycles. The van der Waals surface area contributed by atoms with Crippen molar-refractivity contribution in [2.24, 2.45) is 5.41 Å². The molecule has 2 heterocycles. The number of nitrogens with one attached hydrogen (secondary N) is 2. The number of amides is 1. The van der Waals surface area contributed by atoms with Gasteiger partial charge in [0.15, 0.2) is 0 Å². The zero-order valence-electron chi connectivity index (χ0n) is 11.1. The van der Waals surface area contributed by atoms with E-state index >= 15 is 0 Å². The van der Waals surface area contributed by atoms with Crippen LogP contribution in [0.2, 0.25) is 0 Å². The van der Waals surface area contributed by atoms with E-state index in [1.165, 1.54) is 6.42 Å². The first-order valence-electron chi connectivity index (χ1n) is 6.51. The maximum atomic E-state index is 12.1. The molecule has 0 spiro atoms. The number of rotatable bonds is 3. The first kappa shape index (κ1) is 13.0. The Morgan fingerprint density at radius 2 is 2.44 bits per heavy atom. The molecule has 0 saturated carbocycles. The summed E-state index contributed by atoms with van der Waals surface area (Å²) in [6, 6.07) is 3.75. The molecule has 4 nitrogen and oxygen atoms in total. The quantitative estimate of drug-likeness (QED) is 0.851. The number of carbonyl (C=O) groups excluding carboxylic acids is 1. The fourth-order valence-electron chi connectivity index (χ4n) is 2.37. The van der Waals surface area contributed by atoms with Crippen LogP contribution in [-0.2, 0) is 0 Å². The van der Waals surface area contributed by atoms with Crippen LogP contribution in [-0.4, -0.2) is 30.5 Å².